The van der Waals surface area contributed by atoms with E-state index in [0.717, 1.165) is 17.5 Å². The quantitative estimate of drug-likeness (QED) is 0.725. The molecule has 144 valence electrons. The highest BCUT2D eigenvalue weighted by atomic mass is 16.2. The summed E-state index contributed by atoms with van der Waals surface area (Å²) in [4.78, 5) is 25.1. The molecule has 0 bridgehead atoms. The minimum absolute atomic E-state index is 0.0635. The van der Waals surface area contributed by atoms with Crippen molar-refractivity contribution in [3.8, 4) is 0 Å². The summed E-state index contributed by atoms with van der Waals surface area (Å²) in [5.41, 5.74) is 2.24. The standard InChI is InChI=1S/C20H27N5O2/c1-5-11-23-16-8-6-7-9-17(16)24(19(23)27)12-10-18(26)22-15-13-21-25(14-15)20(2,3)4/h6-9,13-14H,5,10-12H2,1-4H3,(H,22,26). The van der Waals surface area contributed by atoms with E-state index in [1.54, 1.807) is 15.3 Å². The molecule has 0 fully saturated rings. The van der Waals surface area contributed by atoms with Crippen molar-refractivity contribution >= 4 is 22.6 Å². The summed E-state index contributed by atoms with van der Waals surface area (Å²) in [5, 5.41) is 7.14. The molecule has 1 amide bonds. The van der Waals surface area contributed by atoms with Gasteiger partial charge in [-0.25, -0.2) is 4.79 Å². The molecule has 1 aromatic carbocycles. The largest absolute Gasteiger partial charge is 0.329 e. The number of aromatic nitrogens is 4. The van der Waals surface area contributed by atoms with Gasteiger partial charge in [0.25, 0.3) is 0 Å². The third kappa shape index (κ3) is 3.97. The fourth-order valence-electron chi connectivity index (χ4n) is 3.12. The Balaban J connectivity index is 1.73. The van der Waals surface area contributed by atoms with Crippen molar-refractivity contribution in [3.05, 3.63) is 47.1 Å². The van der Waals surface area contributed by atoms with Gasteiger partial charge in [-0.15, -0.1) is 0 Å². The number of nitrogens with zero attached hydrogens (tertiary/aromatic N) is 4. The van der Waals surface area contributed by atoms with Crippen molar-refractivity contribution in [2.24, 2.45) is 0 Å². The number of fused-ring (bicyclic) bond motifs is 1. The Hall–Kier alpha value is -2.83. The van der Waals surface area contributed by atoms with Crippen LogP contribution in [0.25, 0.3) is 11.0 Å². The predicted molar refractivity (Wildman–Crippen MR) is 107 cm³/mol. The molecule has 0 atom stereocenters. The molecule has 1 N–H and O–H groups in total. The molecule has 0 saturated carbocycles. The Morgan fingerprint density at radius 3 is 2.30 bits per heavy atom. The van der Waals surface area contributed by atoms with Gasteiger partial charge < -0.3 is 5.32 Å². The van der Waals surface area contributed by atoms with E-state index in [0.29, 0.717) is 18.8 Å². The number of hydrogen-bond donors (Lipinski definition) is 1. The SMILES string of the molecule is CCCn1c(=O)n(CCC(=O)Nc2cnn(C(C)(C)C)c2)c2ccccc21. The zero-order chi connectivity index (χ0) is 19.6. The molecule has 0 aliphatic rings. The fourth-order valence-corrected chi connectivity index (χ4v) is 3.12. The summed E-state index contributed by atoms with van der Waals surface area (Å²) < 4.78 is 5.27. The molecule has 0 saturated heterocycles. The minimum Gasteiger partial charge on any atom is -0.323 e. The van der Waals surface area contributed by atoms with Gasteiger partial charge in [-0.2, -0.15) is 5.10 Å². The smallest absolute Gasteiger partial charge is 0.323 e. The van der Waals surface area contributed by atoms with Gasteiger partial charge in [-0.3, -0.25) is 18.6 Å². The van der Waals surface area contributed by atoms with E-state index < -0.39 is 0 Å². The number of amides is 1. The number of imidazole rings is 1. The first kappa shape index (κ1) is 18.9. The summed E-state index contributed by atoms with van der Waals surface area (Å²) in [6.07, 6.45) is 4.56. The van der Waals surface area contributed by atoms with Gasteiger partial charge in [0.05, 0.1) is 28.5 Å². The summed E-state index contributed by atoms with van der Waals surface area (Å²) in [6.45, 7) is 9.20. The molecule has 0 unspecified atom stereocenters. The Morgan fingerprint density at radius 2 is 1.74 bits per heavy atom. The first-order chi connectivity index (χ1) is 12.8. The Bertz CT molecular complexity index is 1000. The number of hydrogen-bond acceptors (Lipinski definition) is 3. The van der Waals surface area contributed by atoms with Crippen LogP contribution in [0, 0.1) is 0 Å². The highest BCUT2D eigenvalue weighted by molar-refractivity contribution is 5.90. The third-order valence-corrected chi connectivity index (χ3v) is 4.49. The average molecular weight is 369 g/mol. The number of rotatable bonds is 6. The molecular weight excluding hydrogens is 342 g/mol. The van der Waals surface area contributed by atoms with Gasteiger partial charge in [-0.05, 0) is 39.3 Å². The van der Waals surface area contributed by atoms with Crippen molar-refractivity contribution < 1.29 is 4.79 Å². The molecule has 0 radical (unpaired) electrons. The van der Waals surface area contributed by atoms with Crippen LogP contribution in [0.1, 0.15) is 40.5 Å². The van der Waals surface area contributed by atoms with E-state index in [1.807, 2.05) is 62.8 Å². The highest BCUT2D eigenvalue weighted by Crippen LogP contribution is 2.16. The lowest BCUT2D eigenvalue weighted by atomic mass is 10.1. The number of benzene rings is 1. The van der Waals surface area contributed by atoms with E-state index in [2.05, 4.69) is 10.4 Å². The number of anilines is 1. The molecular formula is C20H27N5O2. The van der Waals surface area contributed by atoms with Gasteiger partial charge in [-0.1, -0.05) is 19.1 Å². The van der Waals surface area contributed by atoms with Crippen LogP contribution in [-0.2, 0) is 23.4 Å². The van der Waals surface area contributed by atoms with Gasteiger partial charge in [0.15, 0.2) is 0 Å². The van der Waals surface area contributed by atoms with E-state index in [9.17, 15) is 9.59 Å². The van der Waals surface area contributed by atoms with Crippen LogP contribution in [-0.4, -0.2) is 24.8 Å². The average Bonchev–Trinajstić information content (AvgIpc) is 3.18. The number of carbonyl (C=O) groups is 1. The Morgan fingerprint density at radius 1 is 1.11 bits per heavy atom. The normalized spacial score (nSPS) is 11.9. The van der Waals surface area contributed by atoms with E-state index in [1.165, 1.54) is 0 Å². The number of carbonyl (C=O) groups excluding carboxylic acids is 1. The fraction of sp³-hybridized carbons (Fsp3) is 0.450. The van der Waals surface area contributed by atoms with E-state index in [-0.39, 0.29) is 23.6 Å². The Kier molecular flexibility index (Phi) is 5.21. The lowest BCUT2D eigenvalue weighted by Gasteiger charge is -2.18. The van der Waals surface area contributed by atoms with Crippen LogP contribution in [0.15, 0.2) is 41.5 Å². The topological polar surface area (TPSA) is 73.8 Å². The Labute approximate surface area is 158 Å². The molecule has 0 spiro atoms. The summed E-state index contributed by atoms with van der Waals surface area (Å²) in [5.74, 6) is -0.136. The molecule has 2 aromatic heterocycles. The zero-order valence-corrected chi connectivity index (χ0v) is 16.4. The van der Waals surface area contributed by atoms with E-state index >= 15 is 0 Å². The summed E-state index contributed by atoms with van der Waals surface area (Å²) in [7, 11) is 0. The van der Waals surface area contributed by atoms with Crippen LogP contribution < -0.4 is 11.0 Å². The molecule has 7 nitrogen and oxygen atoms in total. The number of aryl methyl sites for hydroxylation is 2. The van der Waals surface area contributed by atoms with Crippen molar-refractivity contribution in [2.45, 2.75) is 59.2 Å². The third-order valence-electron chi connectivity index (χ3n) is 4.49. The molecule has 0 aliphatic carbocycles. The van der Waals surface area contributed by atoms with Crippen LogP contribution in [0.5, 0.6) is 0 Å². The molecule has 0 aliphatic heterocycles. The monoisotopic (exact) mass is 369 g/mol. The molecule has 3 rings (SSSR count). The maximum atomic E-state index is 12.7. The van der Waals surface area contributed by atoms with Crippen LogP contribution >= 0.6 is 0 Å². The van der Waals surface area contributed by atoms with Gasteiger partial charge in [0, 0.05) is 25.7 Å². The van der Waals surface area contributed by atoms with Crippen molar-refractivity contribution in [1.29, 1.82) is 0 Å². The van der Waals surface area contributed by atoms with Crippen LogP contribution in [0.3, 0.4) is 0 Å². The lowest BCUT2D eigenvalue weighted by molar-refractivity contribution is -0.116. The maximum absolute atomic E-state index is 12.7. The lowest BCUT2D eigenvalue weighted by Crippen LogP contribution is -2.26. The maximum Gasteiger partial charge on any atom is 0.329 e. The second-order valence-electron chi connectivity index (χ2n) is 7.72. The summed E-state index contributed by atoms with van der Waals surface area (Å²) in [6, 6.07) is 7.71. The van der Waals surface area contributed by atoms with Crippen molar-refractivity contribution in [1.82, 2.24) is 18.9 Å². The van der Waals surface area contributed by atoms with Gasteiger partial charge in [0.2, 0.25) is 5.91 Å². The molecule has 7 heteroatoms. The molecule has 27 heavy (non-hydrogen) atoms. The number of nitrogens with one attached hydrogen (secondary N) is 1. The highest BCUT2D eigenvalue weighted by Gasteiger charge is 2.16. The second kappa shape index (κ2) is 7.42. The summed E-state index contributed by atoms with van der Waals surface area (Å²) >= 11 is 0. The first-order valence-electron chi connectivity index (χ1n) is 9.34. The van der Waals surface area contributed by atoms with E-state index in [4.69, 9.17) is 0 Å². The van der Waals surface area contributed by atoms with Crippen molar-refractivity contribution in [2.75, 3.05) is 5.32 Å². The van der Waals surface area contributed by atoms with Gasteiger partial charge in [0.1, 0.15) is 0 Å². The van der Waals surface area contributed by atoms with Crippen molar-refractivity contribution in [3.63, 3.8) is 0 Å². The zero-order valence-electron chi connectivity index (χ0n) is 16.4. The predicted octanol–water partition coefficient (Wildman–Crippen LogP) is 3.19. The minimum atomic E-state index is -0.141. The van der Waals surface area contributed by atoms with Gasteiger partial charge >= 0.3 is 5.69 Å². The second-order valence-corrected chi connectivity index (χ2v) is 7.72. The number of para-hydroxylation sites is 2. The molecule has 2 heterocycles. The molecule has 3 aromatic rings. The van der Waals surface area contributed by atoms with Crippen LogP contribution in [0.4, 0.5) is 5.69 Å². The first-order valence-corrected chi connectivity index (χ1v) is 9.34. The van der Waals surface area contributed by atoms with Crippen LogP contribution in [0.2, 0.25) is 0 Å².